The zero-order valence-electron chi connectivity index (χ0n) is 8.56. The largest absolute Gasteiger partial charge is 0.395 e. The number of aromatic nitrogens is 1. The van der Waals surface area contributed by atoms with Crippen molar-refractivity contribution in [2.75, 3.05) is 5.73 Å². The van der Waals surface area contributed by atoms with Crippen LogP contribution in [0.15, 0.2) is 6.20 Å². The Hall–Kier alpha value is -1.56. The summed E-state index contributed by atoms with van der Waals surface area (Å²) >= 11 is 0. The van der Waals surface area contributed by atoms with Gasteiger partial charge < -0.3 is 5.73 Å². The summed E-state index contributed by atoms with van der Waals surface area (Å²) in [5.41, 5.74) is 6.58. The van der Waals surface area contributed by atoms with Crippen molar-refractivity contribution in [1.29, 1.82) is 0 Å². The molecule has 2 nitrogen and oxygen atoms in total. The van der Waals surface area contributed by atoms with E-state index in [0.717, 1.165) is 0 Å². The van der Waals surface area contributed by atoms with Crippen LogP contribution in [0.4, 0.5) is 10.1 Å². The SMILES string of the molecule is C#Cc1cnc(F)c(N)c1C(C)(C)C. The van der Waals surface area contributed by atoms with Crippen molar-refractivity contribution in [2.24, 2.45) is 0 Å². The van der Waals surface area contributed by atoms with Gasteiger partial charge in [-0.3, -0.25) is 0 Å². The zero-order valence-corrected chi connectivity index (χ0v) is 8.56. The first kappa shape index (κ1) is 10.5. The molecule has 1 aromatic rings. The Morgan fingerprint density at radius 2 is 2.07 bits per heavy atom. The molecule has 1 heterocycles. The maximum Gasteiger partial charge on any atom is 0.236 e. The van der Waals surface area contributed by atoms with E-state index in [9.17, 15) is 4.39 Å². The van der Waals surface area contributed by atoms with Gasteiger partial charge in [-0.15, -0.1) is 6.42 Å². The summed E-state index contributed by atoms with van der Waals surface area (Å²) < 4.78 is 13.1. The number of pyridine rings is 1. The molecule has 74 valence electrons. The van der Waals surface area contributed by atoms with E-state index in [1.165, 1.54) is 6.20 Å². The van der Waals surface area contributed by atoms with E-state index < -0.39 is 5.95 Å². The lowest BCUT2D eigenvalue weighted by Gasteiger charge is -2.22. The summed E-state index contributed by atoms with van der Waals surface area (Å²) in [4.78, 5) is 3.49. The normalized spacial score (nSPS) is 11.1. The Bertz CT molecular complexity index is 397. The minimum atomic E-state index is -0.658. The van der Waals surface area contributed by atoms with Crippen molar-refractivity contribution in [3.8, 4) is 12.3 Å². The first-order valence-corrected chi connectivity index (χ1v) is 4.29. The van der Waals surface area contributed by atoms with E-state index in [2.05, 4.69) is 10.9 Å². The molecule has 0 spiro atoms. The molecule has 0 amide bonds. The quantitative estimate of drug-likeness (QED) is 0.505. The smallest absolute Gasteiger partial charge is 0.236 e. The third-order valence-corrected chi connectivity index (χ3v) is 1.97. The highest BCUT2D eigenvalue weighted by Gasteiger charge is 2.23. The number of anilines is 1. The fourth-order valence-electron chi connectivity index (χ4n) is 1.42. The highest BCUT2D eigenvalue weighted by atomic mass is 19.1. The third-order valence-electron chi connectivity index (χ3n) is 1.97. The number of hydrogen-bond acceptors (Lipinski definition) is 2. The fourth-order valence-corrected chi connectivity index (χ4v) is 1.42. The molecule has 0 unspecified atom stereocenters. The number of rotatable bonds is 0. The maximum absolute atomic E-state index is 13.1. The second kappa shape index (κ2) is 3.30. The molecule has 14 heavy (non-hydrogen) atoms. The van der Waals surface area contributed by atoms with Crippen LogP contribution in [-0.4, -0.2) is 4.98 Å². The van der Waals surface area contributed by atoms with E-state index in [0.29, 0.717) is 11.1 Å². The van der Waals surface area contributed by atoms with Gasteiger partial charge in [0.15, 0.2) is 0 Å². The van der Waals surface area contributed by atoms with E-state index in [4.69, 9.17) is 12.2 Å². The van der Waals surface area contributed by atoms with Gasteiger partial charge in [0.05, 0.1) is 5.69 Å². The number of hydrogen-bond donors (Lipinski definition) is 1. The van der Waals surface area contributed by atoms with Crippen LogP contribution in [0.5, 0.6) is 0 Å². The van der Waals surface area contributed by atoms with Crippen LogP contribution in [0.3, 0.4) is 0 Å². The van der Waals surface area contributed by atoms with Gasteiger partial charge in [0.25, 0.3) is 0 Å². The highest BCUT2D eigenvalue weighted by Crippen LogP contribution is 2.31. The van der Waals surface area contributed by atoms with E-state index >= 15 is 0 Å². The molecule has 0 aromatic carbocycles. The van der Waals surface area contributed by atoms with Crippen LogP contribution < -0.4 is 5.73 Å². The first-order chi connectivity index (χ1) is 6.38. The van der Waals surface area contributed by atoms with Crippen molar-refractivity contribution in [2.45, 2.75) is 26.2 Å². The lowest BCUT2D eigenvalue weighted by Crippen LogP contribution is -2.18. The average molecular weight is 192 g/mol. The summed E-state index contributed by atoms with van der Waals surface area (Å²) in [7, 11) is 0. The lowest BCUT2D eigenvalue weighted by molar-refractivity contribution is 0.557. The molecule has 1 rings (SSSR count). The summed E-state index contributed by atoms with van der Waals surface area (Å²) in [6.45, 7) is 5.79. The van der Waals surface area contributed by atoms with Crippen LogP contribution in [0.1, 0.15) is 31.9 Å². The molecule has 0 atom stereocenters. The summed E-state index contributed by atoms with van der Waals surface area (Å²) in [5.74, 6) is 1.80. The Morgan fingerprint density at radius 1 is 1.50 bits per heavy atom. The van der Waals surface area contributed by atoms with Crippen LogP contribution in [0, 0.1) is 18.3 Å². The van der Waals surface area contributed by atoms with E-state index in [-0.39, 0.29) is 11.1 Å². The van der Waals surface area contributed by atoms with Crippen LogP contribution >= 0.6 is 0 Å². The lowest BCUT2D eigenvalue weighted by atomic mass is 9.83. The van der Waals surface area contributed by atoms with Crippen molar-refractivity contribution >= 4 is 5.69 Å². The number of nitrogens with zero attached hydrogens (tertiary/aromatic N) is 1. The van der Waals surface area contributed by atoms with Gasteiger partial charge in [-0.2, -0.15) is 4.39 Å². The van der Waals surface area contributed by atoms with Gasteiger partial charge in [0.1, 0.15) is 0 Å². The zero-order chi connectivity index (χ0) is 10.9. The Balaban J connectivity index is 3.54. The molecule has 0 radical (unpaired) electrons. The third kappa shape index (κ3) is 1.69. The second-order valence-corrected chi connectivity index (χ2v) is 4.15. The van der Waals surface area contributed by atoms with Crippen LogP contribution in [-0.2, 0) is 5.41 Å². The average Bonchev–Trinajstić information content (AvgIpc) is 2.07. The summed E-state index contributed by atoms with van der Waals surface area (Å²) in [5, 5.41) is 0. The molecule has 0 saturated heterocycles. The van der Waals surface area contributed by atoms with E-state index in [1.807, 2.05) is 20.8 Å². The number of halogens is 1. The molecule has 0 bridgehead atoms. The fraction of sp³-hybridized carbons (Fsp3) is 0.364. The number of terminal acetylenes is 1. The Kier molecular flexibility index (Phi) is 2.48. The van der Waals surface area contributed by atoms with Gasteiger partial charge in [-0.05, 0) is 5.41 Å². The topological polar surface area (TPSA) is 38.9 Å². The number of nitrogen functional groups attached to an aromatic ring is 1. The van der Waals surface area contributed by atoms with Crippen LogP contribution in [0.2, 0.25) is 0 Å². The molecule has 3 heteroatoms. The van der Waals surface area contributed by atoms with Crippen LogP contribution in [0.25, 0.3) is 0 Å². The Morgan fingerprint density at radius 3 is 2.50 bits per heavy atom. The Labute approximate surface area is 83.3 Å². The van der Waals surface area contributed by atoms with Gasteiger partial charge in [-0.25, -0.2) is 4.98 Å². The van der Waals surface area contributed by atoms with Crippen molar-refractivity contribution in [3.05, 3.63) is 23.3 Å². The molecular formula is C11H13FN2. The molecule has 0 aliphatic heterocycles. The highest BCUT2D eigenvalue weighted by molar-refractivity contribution is 5.57. The minimum Gasteiger partial charge on any atom is -0.395 e. The number of nitrogens with two attached hydrogens (primary N) is 1. The summed E-state index contributed by atoms with van der Waals surface area (Å²) in [6, 6.07) is 0. The van der Waals surface area contributed by atoms with Gasteiger partial charge >= 0.3 is 0 Å². The van der Waals surface area contributed by atoms with Gasteiger partial charge in [-0.1, -0.05) is 26.7 Å². The van der Waals surface area contributed by atoms with Crippen molar-refractivity contribution in [3.63, 3.8) is 0 Å². The first-order valence-electron chi connectivity index (χ1n) is 4.29. The molecular weight excluding hydrogens is 179 g/mol. The van der Waals surface area contributed by atoms with Crippen molar-refractivity contribution < 1.29 is 4.39 Å². The molecule has 0 saturated carbocycles. The molecule has 0 aliphatic rings. The predicted octanol–water partition coefficient (Wildman–Crippen LogP) is 2.08. The summed E-state index contributed by atoms with van der Waals surface area (Å²) in [6.07, 6.45) is 6.64. The monoisotopic (exact) mass is 192 g/mol. The molecule has 1 aromatic heterocycles. The molecule has 0 aliphatic carbocycles. The minimum absolute atomic E-state index is 0.0490. The predicted molar refractivity (Wildman–Crippen MR) is 55.2 cm³/mol. The molecule has 2 N–H and O–H groups in total. The maximum atomic E-state index is 13.1. The van der Waals surface area contributed by atoms with E-state index in [1.54, 1.807) is 0 Å². The standard InChI is InChI=1S/C11H13FN2/c1-5-7-6-14-10(12)9(13)8(7)11(2,3)4/h1,6H,13H2,2-4H3. The van der Waals surface area contributed by atoms with Gasteiger partial charge in [0, 0.05) is 17.3 Å². The van der Waals surface area contributed by atoms with Gasteiger partial charge in [0.2, 0.25) is 5.95 Å². The second-order valence-electron chi connectivity index (χ2n) is 4.15. The van der Waals surface area contributed by atoms with Crippen molar-refractivity contribution in [1.82, 2.24) is 4.98 Å². The molecule has 0 fully saturated rings.